The number of esters is 1. The van der Waals surface area contributed by atoms with Crippen LogP contribution in [-0.4, -0.2) is 17.1 Å². The fraction of sp³-hybridized carbons (Fsp3) is 0.231. The zero-order valence-corrected chi connectivity index (χ0v) is 12.2. The first-order valence-electron chi connectivity index (χ1n) is 5.70. The van der Waals surface area contributed by atoms with E-state index in [-0.39, 0.29) is 5.56 Å². The molecule has 2 aromatic rings. The number of thiazole rings is 1. The van der Waals surface area contributed by atoms with Gasteiger partial charge in [-0.25, -0.2) is 4.79 Å². The zero-order chi connectivity index (χ0) is 13.8. The van der Waals surface area contributed by atoms with Crippen LogP contribution < -0.4 is 14.8 Å². The molecule has 0 radical (unpaired) electrons. The van der Waals surface area contributed by atoms with Gasteiger partial charge in [-0.3, -0.25) is 4.79 Å². The van der Waals surface area contributed by atoms with Crippen molar-refractivity contribution in [2.24, 2.45) is 7.05 Å². The van der Waals surface area contributed by atoms with Gasteiger partial charge in [-0.15, -0.1) is 11.3 Å². The third-order valence-corrected chi connectivity index (χ3v) is 4.24. The summed E-state index contributed by atoms with van der Waals surface area (Å²) < 4.78 is 7.50. The zero-order valence-electron chi connectivity index (χ0n) is 10.6. The van der Waals surface area contributed by atoms with E-state index in [0.29, 0.717) is 15.8 Å². The van der Waals surface area contributed by atoms with Gasteiger partial charge in [-0.1, -0.05) is 0 Å². The third-order valence-electron chi connectivity index (χ3n) is 2.43. The molecule has 2 aromatic heterocycles. The van der Waals surface area contributed by atoms with Crippen molar-refractivity contribution in [2.45, 2.75) is 6.92 Å². The minimum absolute atomic E-state index is 0.105. The molecule has 0 N–H and O–H groups in total. The topological polar surface area (TPSA) is 48.3 Å². The third kappa shape index (κ3) is 3.21. The highest BCUT2D eigenvalue weighted by Crippen LogP contribution is 2.05. The molecular weight excluding hydrogens is 282 g/mol. The summed E-state index contributed by atoms with van der Waals surface area (Å²) in [6.45, 7) is 2.07. The Morgan fingerprint density at radius 2 is 2.32 bits per heavy atom. The van der Waals surface area contributed by atoms with Crippen molar-refractivity contribution in [3.63, 3.8) is 0 Å². The summed E-state index contributed by atoms with van der Waals surface area (Å²) in [4.78, 5) is 23.4. The van der Waals surface area contributed by atoms with Crippen LogP contribution in [0.4, 0.5) is 0 Å². The van der Waals surface area contributed by atoms with Crippen molar-refractivity contribution >= 4 is 40.8 Å². The van der Waals surface area contributed by atoms with E-state index < -0.39 is 5.97 Å². The van der Waals surface area contributed by atoms with Crippen molar-refractivity contribution in [1.82, 2.24) is 4.57 Å². The van der Waals surface area contributed by atoms with Gasteiger partial charge in [-0.2, -0.15) is 11.3 Å². The summed E-state index contributed by atoms with van der Waals surface area (Å²) in [5.41, 5.74) is 0.887. The molecule has 0 amide bonds. The van der Waals surface area contributed by atoms with Crippen LogP contribution in [0.1, 0.15) is 12.5 Å². The lowest BCUT2D eigenvalue weighted by Crippen LogP contribution is -2.29. The van der Waals surface area contributed by atoms with Crippen LogP contribution in [0.5, 0.6) is 0 Å². The van der Waals surface area contributed by atoms with Crippen LogP contribution >= 0.6 is 22.7 Å². The van der Waals surface area contributed by atoms with Gasteiger partial charge >= 0.3 is 5.97 Å². The lowest BCUT2D eigenvalue weighted by molar-refractivity contribution is -0.135. The van der Waals surface area contributed by atoms with Gasteiger partial charge in [0.2, 0.25) is 0 Å². The van der Waals surface area contributed by atoms with Crippen LogP contribution in [-0.2, 0) is 16.6 Å². The minimum Gasteiger partial charge on any atom is -0.463 e. The molecule has 0 unspecified atom stereocenters. The molecule has 0 atom stereocenters. The maximum absolute atomic E-state index is 12.0. The Balaban J connectivity index is 2.51. The first-order chi connectivity index (χ1) is 9.11. The number of ether oxygens (including phenoxy) is 1. The van der Waals surface area contributed by atoms with E-state index in [2.05, 4.69) is 0 Å². The first-order valence-corrected chi connectivity index (χ1v) is 7.46. The monoisotopic (exact) mass is 295 g/mol. The molecule has 100 valence electrons. The van der Waals surface area contributed by atoms with E-state index in [9.17, 15) is 9.59 Å². The fourth-order valence-corrected chi connectivity index (χ4v) is 3.14. The Hall–Kier alpha value is -1.66. The maximum Gasteiger partial charge on any atom is 0.333 e. The van der Waals surface area contributed by atoms with Crippen molar-refractivity contribution < 1.29 is 9.53 Å². The van der Waals surface area contributed by atoms with Gasteiger partial charge in [0.25, 0.3) is 5.56 Å². The number of rotatable bonds is 3. The number of aromatic nitrogens is 1. The number of hydrogen-bond acceptors (Lipinski definition) is 5. The summed E-state index contributed by atoms with van der Waals surface area (Å²) in [7, 11) is 1.65. The van der Waals surface area contributed by atoms with E-state index in [1.54, 1.807) is 25.3 Å². The maximum atomic E-state index is 12.0. The molecule has 0 saturated carbocycles. The normalized spacial score (nSPS) is 12.9. The highest BCUT2D eigenvalue weighted by Gasteiger charge is 2.03. The SMILES string of the molecule is CCOC(=O)/C=c1\s/c(=C\c2ccsc2)c(=O)n1C. The molecule has 0 saturated heterocycles. The Kier molecular flexibility index (Phi) is 4.34. The molecule has 6 heteroatoms. The number of carbonyl (C=O) groups excluding carboxylic acids is 1. The lowest BCUT2D eigenvalue weighted by atomic mass is 10.3. The molecule has 0 aliphatic rings. The molecule has 0 bridgehead atoms. The first kappa shape index (κ1) is 13.8. The second kappa shape index (κ2) is 5.99. The Bertz CT molecular complexity index is 738. The standard InChI is InChI=1S/C13H13NO3S2/c1-3-17-12(15)7-11-14(2)13(16)10(19-11)6-9-4-5-18-8-9/h4-8H,3H2,1-2H3/b10-6-,11-7-. The Labute approximate surface area is 117 Å². The Morgan fingerprint density at radius 3 is 2.95 bits per heavy atom. The predicted octanol–water partition coefficient (Wildman–Crippen LogP) is 0.681. The summed E-state index contributed by atoms with van der Waals surface area (Å²) >= 11 is 2.86. The molecule has 19 heavy (non-hydrogen) atoms. The molecule has 2 rings (SSSR count). The molecule has 0 spiro atoms. The van der Waals surface area contributed by atoms with Gasteiger partial charge in [-0.05, 0) is 35.4 Å². The summed E-state index contributed by atoms with van der Waals surface area (Å²) in [5.74, 6) is -0.429. The van der Waals surface area contributed by atoms with Crippen LogP contribution in [0.2, 0.25) is 0 Å². The second-order valence-corrected chi connectivity index (χ2v) is 5.61. The predicted molar refractivity (Wildman–Crippen MR) is 77.8 cm³/mol. The van der Waals surface area contributed by atoms with Crippen molar-refractivity contribution in [2.75, 3.05) is 6.61 Å². The van der Waals surface area contributed by atoms with Gasteiger partial charge in [0.05, 0.1) is 17.2 Å². The number of nitrogens with zero attached hydrogens (tertiary/aromatic N) is 1. The summed E-state index contributed by atoms with van der Waals surface area (Å²) in [6, 6.07) is 1.94. The van der Waals surface area contributed by atoms with Gasteiger partial charge in [0, 0.05) is 7.05 Å². The molecular formula is C13H13NO3S2. The minimum atomic E-state index is -0.429. The second-order valence-electron chi connectivity index (χ2n) is 3.77. The molecule has 0 aliphatic heterocycles. The Morgan fingerprint density at radius 1 is 1.53 bits per heavy atom. The molecule has 0 aliphatic carbocycles. The van der Waals surface area contributed by atoms with Crippen LogP contribution in [0.15, 0.2) is 21.6 Å². The average Bonchev–Trinajstić information content (AvgIpc) is 2.96. The molecule has 2 heterocycles. The van der Waals surface area contributed by atoms with Crippen LogP contribution in [0.3, 0.4) is 0 Å². The van der Waals surface area contributed by atoms with E-state index in [1.165, 1.54) is 22.0 Å². The van der Waals surface area contributed by atoms with E-state index in [0.717, 1.165) is 5.56 Å². The fourth-order valence-electron chi connectivity index (χ4n) is 1.50. The quantitative estimate of drug-likeness (QED) is 0.783. The number of carbonyl (C=O) groups is 1. The highest BCUT2D eigenvalue weighted by molar-refractivity contribution is 7.08. The van der Waals surface area contributed by atoms with Crippen molar-refractivity contribution in [1.29, 1.82) is 0 Å². The van der Waals surface area contributed by atoms with Crippen LogP contribution in [0.25, 0.3) is 12.2 Å². The lowest BCUT2D eigenvalue weighted by Gasteiger charge is -1.93. The summed E-state index contributed by atoms with van der Waals surface area (Å²) in [5, 5.41) is 3.92. The number of hydrogen-bond donors (Lipinski definition) is 0. The van der Waals surface area contributed by atoms with Gasteiger partial charge < -0.3 is 9.30 Å². The van der Waals surface area contributed by atoms with E-state index in [1.807, 2.05) is 22.9 Å². The molecule has 0 fully saturated rings. The largest absolute Gasteiger partial charge is 0.463 e. The smallest absolute Gasteiger partial charge is 0.333 e. The van der Waals surface area contributed by atoms with Gasteiger partial charge in [0.15, 0.2) is 0 Å². The molecule has 0 aromatic carbocycles. The van der Waals surface area contributed by atoms with Crippen molar-refractivity contribution in [3.8, 4) is 0 Å². The van der Waals surface area contributed by atoms with Crippen molar-refractivity contribution in [3.05, 3.63) is 41.9 Å². The number of thiophene rings is 1. The van der Waals surface area contributed by atoms with Crippen LogP contribution in [0, 0.1) is 0 Å². The highest BCUT2D eigenvalue weighted by atomic mass is 32.1. The van der Waals surface area contributed by atoms with E-state index in [4.69, 9.17) is 4.74 Å². The van der Waals surface area contributed by atoms with E-state index >= 15 is 0 Å². The van der Waals surface area contributed by atoms with Gasteiger partial charge in [0.1, 0.15) is 4.66 Å². The molecule has 4 nitrogen and oxygen atoms in total. The average molecular weight is 295 g/mol. The summed E-state index contributed by atoms with van der Waals surface area (Å²) in [6.07, 6.45) is 3.17.